The molecule has 0 aromatic carbocycles. The van der Waals surface area contributed by atoms with Gasteiger partial charge in [-0.3, -0.25) is 4.79 Å². The lowest BCUT2D eigenvalue weighted by atomic mass is 9.85. The minimum Gasteiger partial charge on any atom is -0.871 e. The Morgan fingerprint density at radius 1 is 1.04 bits per heavy atom. The van der Waals surface area contributed by atoms with E-state index in [-0.39, 0.29) is 17.1 Å². The van der Waals surface area contributed by atoms with E-state index < -0.39 is 0 Å². The van der Waals surface area contributed by atoms with Gasteiger partial charge in [0.05, 0.1) is 0 Å². The molecule has 2 nitrogen and oxygen atoms in total. The van der Waals surface area contributed by atoms with Crippen LogP contribution < -0.4 is 5.11 Å². The summed E-state index contributed by atoms with van der Waals surface area (Å²) in [7, 11) is 0. The van der Waals surface area contributed by atoms with Gasteiger partial charge in [-0.25, -0.2) is 0 Å². The Bertz CT molecular complexity index is 810. The highest BCUT2D eigenvalue weighted by Crippen LogP contribution is 2.36. The first-order valence-corrected chi connectivity index (χ1v) is 9.54. The lowest BCUT2D eigenvalue weighted by Gasteiger charge is -2.29. The van der Waals surface area contributed by atoms with E-state index in [0.29, 0.717) is 10.8 Å². The van der Waals surface area contributed by atoms with E-state index in [1.54, 1.807) is 35.7 Å². The zero-order chi connectivity index (χ0) is 17.4. The normalized spacial score (nSPS) is 25.8. The molecule has 2 heterocycles. The molecular formula is C20H19O2S2-. The zero-order valence-corrected chi connectivity index (χ0v) is 15.8. The van der Waals surface area contributed by atoms with Gasteiger partial charge in [-0.05, 0) is 83.9 Å². The van der Waals surface area contributed by atoms with Crippen molar-refractivity contribution in [2.24, 2.45) is 0 Å². The first-order chi connectivity index (χ1) is 11.3. The Balaban J connectivity index is 1.90. The molecule has 0 spiro atoms. The Labute approximate surface area is 151 Å². The molecule has 3 aliphatic rings. The van der Waals surface area contributed by atoms with Gasteiger partial charge in [-0.1, -0.05) is 23.6 Å². The summed E-state index contributed by atoms with van der Waals surface area (Å²) in [6, 6.07) is 0. The Hall–Kier alpha value is -1.65. The molecule has 24 heavy (non-hydrogen) atoms. The van der Waals surface area contributed by atoms with Gasteiger partial charge in [0.1, 0.15) is 0 Å². The monoisotopic (exact) mass is 355 g/mol. The molecule has 0 saturated carbocycles. The van der Waals surface area contributed by atoms with Crippen LogP contribution in [0.1, 0.15) is 27.7 Å². The highest BCUT2D eigenvalue weighted by molar-refractivity contribution is 8.06. The second-order valence-corrected chi connectivity index (χ2v) is 9.25. The van der Waals surface area contributed by atoms with Crippen LogP contribution in [-0.2, 0) is 4.79 Å². The smallest absolute Gasteiger partial charge is 0.191 e. The molecule has 0 N–H and O–H groups in total. The van der Waals surface area contributed by atoms with Crippen LogP contribution in [0, 0.1) is 0 Å². The van der Waals surface area contributed by atoms with Gasteiger partial charge in [-0.2, -0.15) is 0 Å². The van der Waals surface area contributed by atoms with Crippen LogP contribution in [0.15, 0.2) is 79.2 Å². The van der Waals surface area contributed by atoms with Gasteiger partial charge in [0, 0.05) is 16.4 Å². The van der Waals surface area contributed by atoms with Crippen molar-refractivity contribution < 1.29 is 9.90 Å². The SMILES string of the molecule is CC1=CC(=CC2=C([O-])/C(=C/C3=CC(C)SC(C)=C3)C2=O)C=C(C)S1. The second kappa shape index (κ2) is 6.69. The molecule has 0 saturated heterocycles. The van der Waals surface area contributed by atoms with E-state index in [1.165, 1.54) is 4.91 Å². The minimum absolute atomic E-state index is 0.152. The van der Waals surface area contributed by atoms with Gasteiger partial charge in [0.2, 0.25) is 0 Å². The lowest BCUT2D eigenvalue weighted by Crippen LogP contribution is -2.29. The number of allylic oxidation sites excluding steroid dienone is 12. The van der Waals surface area contributed by atoms with Gasteiger partial charge >= 0.3 is 0 Å². The number of carbonyl (C=O) groups excluding carboxylic acids is 1. The van der Waals surface area contributed by atoms with E-state index in [0.717, 1.165) is 21.0 Å². The average molecular weight is 356 g/mol. The Morgan fingerprint density at radius 2 is 1.71 bits per heavy atom. The van der Waals surface area contributed by atoms with Crippen molar-refractivity contribution in [3.05, 3.63) is 79.2 Å². The van der Waals surface area contributed by atoms with E-state index in [1.807, 2.05) is 39.0 Å². The highest BCUT2D eigenvalue weighted by atomic mass is 32.2. The third kappa shape index (κ3) is 3.55. The molecule has 0 aromatic rings. The number of carbonyl (C=O) groups is 1. The van der Waals surface area contributed by atoms with Crippen LogP contribution in [-0.4, -0.2) is 11.0 Å². The van der Waals surface area contributed by atoms with Crippen molar-refractivity contribution in [1.29, 1.82) is 0 Å². The van der Waals surface area contributed by atoms with Crippen LogP contribution in [0.25, 0.3) is 0 Å². The van der Waals surface area contributed by atoms with Crippen molar-refractivity contribution in [3.63, 3.8) is 0 Å². The third-order valence-electron chi connectivity index (χ3n) is 3.83. The molecule has 1 aliphatic carbocycles. The summed E-state index contributed by atoms with van der Waals surface area (Å²) >= 11 is 3.48. The van der Waals surface area contributed by atoms with Crippen LogP contribution >= 0.6 is 23.5 Å². The largest absolute Gasteiger partial charge is 0.871 e. The number of hydrogen-bond acceptors (Lipinski definition) is 4. The molecular weight excluding hydrogens is 336 g/mol. The summed E-state index contributed by atoms with van der Waals surface area (Å²) in [5, 5.41) is 12.7. The predicted octanol–water partition coefficient (Wildman–Crippen LogP) is 4.56. The summed E-state index contributed by atoms with van der Waals surface area (Å²) in [6.07, 6.45) is 11.5. The van der Waals surface area contributed by atoms with Crippen molar-refractivity contribution in [2.75, 3.05) is 0 Å². The number of hydrogen-bond donors (Lipinski definition) is 0. The first kappa shape index (κ1) is 17.2. The van der Waals surface area contributed by atoms with E-state index in [4.69, 9.17) is 0 Å². The molecule has 3 rings (SSSR count). The molecule has 2 aliphatic heterocycles. The van der Waals surface area contributed by atoms with Crippen LogP contribution in [0.3, 0.4) is 0 Å². The average Bonchev–Trinajstić information content (AvgIpc) is 2.48. The molecule has 1 unspecified atom stereocenters. The fourth-order valence-corrected chi connectivity index (χ4v) is 4.86. The summed E-state index contributed by atoms with van der Waals surface area (Å²) in [6.45, 7) is 8.21. The summed E-state index contributed by atoms with van der Waals surface area (Å²) < 4.78 is 0. The number of thioether (sulfide) groups is 2. The summed E-state index contributed by atoms with van der Waals surface area (Å²) in [4.78, 5) is 15.9. The van der Waals surface area contributed by atoms with Gasteiger partial charge < -0.3 is 5.11 Å². The maximum atomic E-state index is 12.4. The maximum absolute atomic E-state index is 12.4. The quantitative estimate of drug-likeness (QED) is 0.681. The highest BCUT2D eigenvalue weighted by Gasteiger charge is 2.26. The summed E-state index contributed by atoms with van der Waals surface area (Å²) in [5.74, 6) is -0.304. The van der Waals surface area contributed by atoms with Gasteiger partial charge in [0.15, 0.2) is 5.78 Å². The van der Waals surface area contributed by atoms with E-state index in [2.05, 4.69) is 13.0 Å². The molecule has 0 amide bonds. The van der Waals surface area contributed by atoms with Crippen molar-refractivity contribution >= 4 is 29.3 Å². The third-order valence-corrected chi connectivity index (χ3v) is 5.71. The van der Waals surface area contributed by atoms with Crippen LogP contribution in [0.4, 0.5) is 0 Å². The summed E-state index contributed by atoms with van der Waals surface area (Å²) in [5.41, 5.74) is 2.44. The fourth-order valence-electron chi connectivity index (χ4n) is 2.94. The predicted molar refractivity (Wildman–Crippen MR) is 102 cm³/mol. The first-order valence-electron chi connectivity index (χ1n) is 7.84. The topological polar surface area (TPSA) is 40.1 Å². The molecule has 124 valence electrons. The minimum atomic E-state index is -0.152. The molecule has 0 bridgehead atoms. The van der Waals surface area contributed by atoms with Gasteiger partial charge in [-0.15, -0.1) is 11.8 Å². The van der Waals surface area contributed by atoms with Crippen molar-refractivity contribution in [2.45, 2.75) is 32.9 Å². The Morgan fingerprint density at radius 3 is 2.29 bits per heavy atom. The van der Waals surface area contributed by atoms with Crippen molar-refractivity contribution in [3.8, 4) is 0 Å². The molecule has 0 radical (unpaired) electrons. The fraction of sp³-hybridized carbons (Fsp3) is 0.250. The van der Waals surface area contributed by atoms with Crippen molar-refractivity contribution in [1.82, 2.24) is 0 Å². The molecule has 0 aromatic heterocycles. The standard InChI is InChI=1S/C20H20O2S2/c1-11-5-15(6-12(2)23-11)9-17-19(21)18(20(17)22)10-16-7-13(3)24-14(4)8-16/h5-11,21H,1-4H3/p-1/b17-9-. The number of Topliss-reactive ketones (excluding diaryl/α,β-unsaturated/α-hetero) is 1. The number of ketones is 1. The second-order valence-electron chi connectivity index (χ2n) is 6.13. The Kier molecular flexibility index (Phi) is 4.79. The van der Waals surface area contributed by atoms with Crippen LogP contribution in [0.5, 0.6) is 0 Å². The maximum Gasteiger partial charge on any atom is 0.191 e. The van der Waals surface area contributed by atoms with Gasteiger partial charge in [0.25, 0.3) is 0 Å². The number of rotatable bonds is 2. The molecule has 0 fully saturated rings. The zero-order valence-electron chi connectivity index (χ0n) is 14.2. The van der Waals surface area contributed by atoms with E-state index in [9.17, 15) is 9.90 Å². The molecule has 4 heteroatoms. The molecule has 1 atom stereocenters. The lowest BCUT2D eigenvalue weighted by molar-refractivity contribution is -0.300. The van der Waals surface area contributed by atoms with E-state index >= 15 is 0 Å². The van der Waals surface area contributed by atoms with Crippen LogP contribution in [0.2, 0.25) is 0 Å².